The number of likely N-dealkylation sites (tertiary alicyclic amines) is 1. The molecule has 1 aromatic heterocycles. The van der Waals surface area contributed by atoms with E-state index >= 15 is 0 Å². The van der Waals surface area contributed by atoms with Gasteiger partial charge in [-0.1, -0.05) is 13.8 Å². The van der Waals surface area contributed by atoms with Crippen LogP contribution in [-0.2, 0) is 14.3 Å². The number of imide groups is 1. The molecule has 1 spiro atoms. The summed E-state index contributed by atoms with van der Waals surface area (Å²) in [6, 6.07) is 1.36. The van der Waals surface area contributed by atoms with Gasteiger partial charge in [0.1, 0.15) is 5.60 Å². The van der Waals surface area contributed by atoms with Crippen molar-refractivity contribution in [3.8, 4) is 0 Å². The summed E-state index contributed by atoms with van der Waals surface area (Å²) in [5.41, 5.74) is 0.0508. The summed E-state index contributed by atoms with van der Waals surface area (Å²) in [7, 11) is 0. The number of carbonyl (C=O) groups is 3. The average molecular weight is 463 g/mol. The van der Waals surface area contributed by atoms with E-state index in [4.69, 9.17) is 4.74 Å². The summed E-state index contributed by atoms with van der Waals surface area (Å²) in [6.45, 7) is 12.2. The molecule has 182 valence electrons. The van der Waals surface area contributed by atoms with Crippen molar-refractivity contribution in [2.24, 2.45) is 5.41 Å². The van der Waals surface area contributed by atoms with E-state index in [1.165, 1.54) is 12.3 Å². The molecule has 0 saturated carbocycles. The van der Waals surface area contributed by atoms with Crippen molar-refractivity contribution in [2.75, 3.05) is 31.1 Å². The minimum atomic E-state index is -0.549. The number of pyridine rings is 1. The van der Waals surface area contributed by atoms with E-state index in [-0.39, 0.29) is 29.7 Å². The molecule has 9 heteroatoms. The first kappa shape index (κ1) is 24.9. The lowest BCUT2D eigenvalue weighted by Crippen LogP contribution is -2.62. The van der Waals surface area contributed by atoms with Gasteiger partial charge >= 0.3 is 6.09 Å². The van der Waals surface area contributed by atoms with Crippen molar-refractivity contribution >= 4 is 23.7 Å². The molecule has 3 amide bonds. The SMILES string of the molecule is CC.CC(C)(C)OC(=O)N1CC2(CCN(c3ncc(C4CCC(=O)NC4=O)cc3F)CC2)C1. The van der Waals surface area contributed by atoms with E-state index in [1.54, 1.807) is 4.90 Å². The highest BCUT2D eigenvalue weighted by molar-refractivity contribution is 6.00. The number of piperidine rings is 2. The third-order valence-corrected chi connectivity index (χ3v) is 6.31. The maximum atomic E-state index is 14.8. The number of nitrogens with zero attached hydrogens (tertiary/aromatic N) is 3. The molecule has 1 N–H and O–H groups in total. The van der Waals surface area contributed by atoms with E-state index in [0.29, 0.717) is 38.2 Å². The second-order valence-corrected chi connectivity index (χ2v) is 9.90. The fourth-order valence-electron chi connectivity index (χ4n) is 4.61. The number of rotatable bonds is 2. The van der Waals surface area contributed by atoms with E-state index in [1.807, 2.05) is 39.5 Å². The molecule has 3 saturated heterocycles. The lowest BCUT2D eigenvalue weighted by Gasteiger charge is -2.53. The first-order valence-electron chi connectivity index (χ1n) is 11.8. The number of nitrogens with one attached hydrogen (secondary N) is 1. The number of hydrogen-bond donors (Lipinski definition) is 1. The minimum Gasteiger partial charge on any atom is -0.444 e. The Kier molecular flexibility index (Phi) is 7.29. The smallest absolute Gasteiger partial charge is 0.410 e. The van der Waals surface area contributed by atoms with Gasteiger partial charge in [-0.25, -0.2) is 14.2 Å². The summed E-state index contributed by atoms with van der Waals surface area (Å²) in [4.78, 5) is 43.5. The van der Waals surface area contributed by atoms with Crippen LogP contribution in [0.2, 0.25) is 0 Å². The highest BCUT2D eigenvalue weighted by atomic mass is 19.1. The standard InChI is InChI=1S/C22H29FN4O4.C2H6/c1-21(2,3)31-20(30)27-12-22(13-27)6-8-26(9-7-22)18-16(23)10-14(11-24-18)15-4-5-17(28)25-19(15)29;1-2/h10-11,15H,4-9,12-13H2,1-3H3,(H,25,28,29);1-2H3. The summed E-state index contributed by atoms with van der Waals surface area (Å²) < 4.78 is 20.3. The molecule has 8 nitrogen and oxygen atoms in total. The lowest BCUT2D eigenvalue weighted by molar-refractivity contribution is -0.134. The summed E-state index contributed by atoms with van der Waals surface area (Å²) in [6.07, 6.45) is 3.57. The maximum Gasteiger partial charge on any atom is 0.410 e. The summed E-state index contributed by atoms with van der Waals surface area (Å²) in [5, 5.41) is 2.30. The molecule has 0 aliphatic carbocycles. The zero-order chi connectivity index (χ0) is 24.4. The van der Waals surface area contributed by atoms with Gasteiger partial charge in [0.2, 0.25) is 11.8 Å². The van der Waals surface area contributed by atoms with Crippen LogP contribution in [0.4, 0.5) is 15.0 Å². The summed E-state index contributed by atoms with van der Waals surface area (Å²) >= 11 is 0. The van der Waals surface area contributed by atoms with Crippen molar-refractivity contribution in [3.05, 3.63) is 23.6 Å². The Morgan fingerprint density at radius 3 is 2.39 bits per heavy atom. The van der Waals surface area contributed by atoms with Gasteiger partial charge in [0.25, 0.3) is 0 Å². The van der Waals surface area contributed by atoms with Crippen molar-refractivity contribution in [3.63, 3.8) is 0 Å². The molecule has 3 aliphatic rings. The fraction of sp³-hybridized carbons (Fsp3) is 0.667. The number of halogens is 1. The fourth-order valence-corrected chi connectivity index (χ4v) is 4.61. The molecular formula is C24H35FN4O4. The highest BCUT2D eigenvalue weighted by Gasteiger charge is 2.48. The highest BCUT2D eigenvalue weighted by Crippen LogP contribution is 2.42. The molecule has 1 unspecified atom stereocenters. The third-order valence-electron chi connectivity index (χ3n) is 6.31. The zero-order valence-corrected chi connectivity index (χ0v) is 20.2. The van der Waals surface area contributed by atoms with Gasteiger partial charge in [-0.15, -0.1) is 0 Å². The number of hydrogen-bond acceptors (Lipinski definition) is 6. The number of aromatic nitrogens is 1. The van der Waals surface area contributed by atoms with Crippen molar-refractivity contribution < 1.29 is 23.5 Å². The van der Waals surface area contributed by atoms with Gasteiger partial charge in [-0.2, -0.15) is 0 Å². The van der Waals surface area contributed by atoms with Crippen LogP contribution in [0.15, 0.2) is 12.3 Å². The van der Waals surface area contributed by atoms with Gasteiger partial charge in [0.05, 0.1) is 5.92 Å². The molecule has 0 aromatic carbocycles. The quantitative estimate of drug-likeness (QED) is 0.675. The molecule has 3 aliphatic heterocycles. The van der Waals surface area contributed by atoms with Crippen LogP contribution in [0.25, 0.3) is 0 Å². The van der Waals surface area contributed by atoms with E-state index < -0.39 is 23.2 Å². The van der Waals surface area contributed by atoms with Crippen LogP contribution >= 0.6 is 0 Å². The Morgan fingerprint density at radius 1 is 1.21 bits per heavy atom. The Morgan fingerprint density at radius 2 is 1.85 bits per heavy atom. The van der Waals surface area contributed by atoms with Crippen molar-refractivity contribution in [2.45, 2.75) is 71.8 Å². The van der Waals surface area contributed by atoms with Crippen molar-refractivity contribution in [1.29, 1.82) is 0 Å². The second-order valence-electron chi connectivity index (χ2n) is 9.90. The number of amides is 3. The second kappa shape index (κ2) is 9.65. The third kappa shape index (κ3) is 5.62. The van der Waals surface area contributed by atoms with Crippen LogP contribution in [0, 0.1) is 11.2 Å². The molecule has 0 bridgehead atoms. The normalized spacial score (nSPS) is 22.2. The zero-order valence-electron chi connectivity index (χ0n) is 20.2. The largest absolute Gasteiger partial charge is 0.444 e. The van der Waals surface area contributed by atoms with E-state index in [0.717, 1.165) is 12.8 Å². The molecule has 1 atom stereocenters. The Labute approximate surface area is 194 Å². The minimum absolute atomic E-state index is 0.0660. The molecule has 0 radical (unpaired) electrons. The molecule has 1 aromatic rings. The Bertz CT molecular complexity index is 898. The van der Waals surface area contributed by atoms with Gasteiger partial charge in [-0.05, 0) is 51.7 Å². The van der Waals surface area contributed by atoms with Crippen LogP contribution in [0.5, 0.6) is 0 Å². The molecule has 4 heterocycles. The predicted octanol–water partition coefficient (Wildman–Crippen LogP) is 3.60. The van der Waals surface area contributed by atoms with Crippen LogP contribution in [0.3, 0.4) is 0 Å². The monoisotopic (exact) mass is 462 g/mol. The maximum absolute atomic E-state index is 14.8. The van der Waals surface area contributed by atoms with Gasteiger partial charge in [0.15, 0.2) is 11.6 Å². The Balaban J connectivity index is 0.00000149. The topological polar surface area (TPSA) is 91.8 Å². The van der Waals surface area contributed by atoms with Gasteiger partial charge in [-0.3, -0.25) is 14.9 Å². The van der Waals surface area contributed by atoms with E-state index in [2.05, 4.69) is 10.3 Å². The van der Waals surface area contributed by atoms with E-state index in [9.17, 15) is 18.8 Å². The first-order chi connectivity index (χ1) is 15.6. The lowest BCUT2D eigenvalue weighted by atomic mass is 9.72. The molecular weight excluding hydrogens is 427 g/mol. The van der Waals surface area contributed by atoms with Gasteiger partial charge in [0, 0.05) is 44.2 Å². The first-order valence-corrected chi connectivity index (χ1v) is 11.8. The molecule has 3 fully saturated rings. The number of carbonyl (C=O) groups excluding carboxylic acids is 3. The predicted molar refractivity (Wildman–Crippen MR) is 122 cm³/mol. The molecule has 33 heavy (non-hydrogen) atoms. The van der Waals surface area contributed by atoms with Crippen LogP contribution in [-0.4, -0.2) is 59.6 Å². The molecule has 4 rings (SSSR count). The Hall–Kier alpha value is -2.71. The summed E-state index contributed by atoms with van der Waals surface area (Å²) in [5.74, 6) is -1.41. The number of ether oxygens (including phenoxy) is 1. The van der Waals surface area contributed by atoms with Gasteiger partial charge < -0.3 is 14.5 Å². The van der Waals surface area contributed by atoms with Crippen LogP contribution < -0.4 is 10.2 Å². The van der Waals surface area contributed by atoms with Crippen LogP contribution in [0.1, 0.15) is 71.8 Å². The number of anilines is 1. The average Bonchev–Trinajstić information content (AvgIpc) is 2.72. The van der Waals surface area contributed by atoms with Crippen molar-refractivity contribution in [1.82, 2.24) is 15.2 Å².